The van der Waals surface area contributed by atoms with Gasteiger partial charge in [-0.05, 0) is 18.1 Å². The fourth-order valence-corrected chi connectivity index (χ4v) is 1.63. The Morgan fingerprint density at radius 2 is 2.18 bits per heavy atom. The quantitative estimate of drug-likeness (QED) is 0.877. The number of anilines is 1. The fourth-order valence-electron chi connectivity index (χ4n) is 1.63. The number of rotatable bonds is 4. The zero-order valence-electron chi connectivity index (χ0n) is 10.5. The van der Waals surface area contributed by atoms with Crippen LogP contribution in [0.25, 0.3) is 11.4 Å². The van der Waals surface area contributed by atoms with Crippen LogP contribution in [0.15, 0.2) is 30.6 Å². The molecule has 1 N–H and O–H groups in total. The van der Waals surface area contributed by atoms with Gasteiger partial charge in [-0.2, -0.15) is 0 Å². The predicted octanol–water partition coefficient (Wildman–Crippen LogP) is 2.55. The van der Waals surface area contributed by atoms with Crippen LogP contribution in [0, 0.1) is 5.92 Å². The first kappa shape index (κ1) is 11.6. The van der Waals surface area contributed by atoms with Gasteiger partial charge in [0.15, 0.2) is 5.82 Å². The molecule has 1 heterocycles. The summed E-state index contributed by atoms with van der Waals surface area (Å²) in [6.45, 7) is 5.36. The molecule has 90 valence electrons. The number of aromatic nitrogens is 3. The average molecular weight is 230 g/mol. The first-order valence-electron chi connectivity index (χ1n) is 5.85. The Balaban J connectivity index is 2.20. The summed E-state index contributed by atoms with van der Waals surface area (Å²) in [7, 11) is 1.95. The van der Waals surface area contributed by atoms with E-state index in [1.807, 2.05) is 23.7 Å². The standard InChI is InChI=1S/C13H18N4/c1-10(2)8-14-12-6-4-5-11(7-12)13-16-15-9-17(13)3/h4-7,9-10,14H,8H2,1-3H3. The Morgan fingerprint density at radius 3 is 2.82 bits per heavy atom. The van der Waals surface area contributed by atoms with Gasteiger partial charge in [0, 0.05) is 24.8 Å². The molecule has 0 fully saturated rings. The van der Waals surface area contributed by atoms with Crippen LogP contribution < -0.4 is 5.32 Å². The third kappa shape index (κ3) is 2.84. The van der Waals surface area contributed by atoms with Crippen molar-refractivity contribution in [2.45, 2.75) is 13.8 Å². The molecule has 17 heavy (non-hydrogen) atoms. The Bertz CT molecular complexity index is 488. The van der Waals surface area contributed by atoms with E-state index in [0.29, 0.717) is 5.92 Å². The topological polar surface area (TPSA) is 42.7 Å². The molecular weight excluding hydrogens is 212 g/mol. The second kappa shape index (κ2) is 4.99. The molecule has 2 aromatic rings. The molecule has 0 atom stereocenters. The van der Waals surface area contributed by atoms with E-state index < -0.39 is 0 Å². The molecule has 4 heteroatoms. The highest BCUT2D eigenvalue weighted by Gasteiger charge is 2.04. The van der Waals surface area contributed by atoms with Gasteiger partial charge in [-0.3, -0.25) is 0 Å². The molecule has 2 rings (SSSR count). The highest BCUT2D eigenvalue weighted by molar-refractivity contribution is 5.62. The smallest absolute Gasteiger partial charge is 0.163 e. The van der Waals surface area contributed by atoms with E-state index in [4.69, 9.17) is 0 Å². The second-order valence-electron chi connectivity index (χ2n) is 4.62. The Labute approximate surface area is 102 Å². The number of aryl methyl sites for hydroxylation is 1. The minimum Gasteiger partial charge on any atom is -0.385 e. The summed E-state index contributed by atoms with van der Waals surface area (Å²) < 4.78 is 1.92. The first-order valence-corrected chi connectivity index (χ1v) is 5.85. The number of benzene rings is 1. The van der Waals surface area contributed by atoms with Gasteiger partial charge in [-0.1, -0.05) is 26.0 Å². The lowest BCUT2D eigenvalue weighted by Crippen LogP contribution is -2.07. The van der Waals surface area contributed by atoms with E-state index >= 15 is 0 Å². The van der Waals surface area contributed by atoms with Crippen molar-refractivity contribution < 1.29 is 0 Å². The molecule has 1 aromatic carbocycles. The number of nitrogens with zero attached hydrogens (tertiary/aromatic N) is 3. The maximum absolute atomic E-state index is 4.11. The highest BCUT2D eigenvalue weighted by atomic mass is 15.2. The summed E-state index contributed by atoms with van der Waals surface area (Å²) in [5.41, 5.74) is 2.21. The van der Waals surface area contributed by atoms with Crippen molar-refractivity contribution in [1.82, 2.24) is 14.8 Å². The van der Waals surface area contributed by atoms with Crippen LogP contribution in [0.4, 0.5) is 5.69 Å². The van der Waals surface area contributed by atoms with Crippen molar-refractivity contribution in [3.63, 3.8) is 0 Å². The van der Waals surface area contributed by atoms with Crippen LogP contribution in [-0.2, 0) is 7.05 Å². The van der Waals surface area contributed by atoms with Crippen LogP contribution in [-0.4, -0.2) is 21.3 Å². The molecule has 0 bridgehead atoms. The molecule has 0 unspecified atom stereocenters. The van der Waals surface area contributed by atoms with Crippen molar-refractivity contribution in [3.8, 4) is 11.4 Å². The molecule has 0 aliphatic carbocycles. The average Bonchev–Trinajstić information content (AvgIpc) is 2.73. The summed E-state index contributed by atoms with van der Waals surface area (Å²) in [6, 6.07) is 8.26. The van der Waals surface area contributed by atoms with E-state index in [2.05, 4.69) is 41.5 Å². The molecule has 1 aromatic heterocycles. The normalized spacial score (nSPS) is 10.8. The van der Waals surface area contributed by atoms with E-state index in [-0.39, 0.29) is 0 Å². The van der Waals surface area contributed by atoms with E-state index in [0.717, 1.165) is 23.6 Å². The zero-order valence-corrected chi connectivity index (χ0v) is 10.5. The van der Waals surface area contributed by atoms with Gasteiger partial charge in [-0.15, -0.1) is 10.2 Å². The lowest BCUT2D eigenvalue weighted by atomic mass is 10.1. The SMILES string of the molecule is CC(C)CNc1cccc(-c2nncn2C)c1. The van der Waals surface area contributed by atoms with Crippen LogP contribution in [0.3, 0.4) is 0 Å². The molecule has 0 radical (unpaired) electrons. The monoisotopic (exact) mass is 230 g/mol. The van der Waals surface area contributed by atoms with Crippen LogP contribution >= 0.6 is 0 Å². The van der Waals surface area contributed by atoms with Crippen LogP contribution in [0.5, 0.6) is 0 Å². The van der Waals surface area contributed by atoms with Crippen molar-refractivity contribution >= 4 is 5.69 Å². The number of nitrogens with one attached hydrogen (secondary N) is 1. The summed E-state index contributed by atoms with van der Waals surface area (Å²) in [5.74, 6) is 1.52. The summed E-state index contributed by atoms with van der Waals surface area (Å²) in [6.07, 6.45) is 1.71. The van der Waals surface area contributed by atoms with E-state index in [9.17, 15) is 0 Å². The fraction of sp³-hybridized carbons (Fsp3) is 0.385. The van der Waals surface area contributed by atoms with Crippen molar-refractivity contribution in [1.29, 1.82) is 0 Å². The molecule has 4 nitrogen and oxygen atoms in total. The lowest BCUT2D eigenvalue weighted by Gasteiger charge is -2.10. The third-order valence-corrected chi connectivity index (χ3v) is 2.55. The third-order valence-electron chi connectivity index (χ3n) is 2.55. The predicted molar refractivity (Wildman–Crippen MR) is 69.8 cm³/mol. The van der Waals surface area contributed by atoms with Gasteiger partial charge >= 0.3 is 0 Å². The summed E-state index contributed by atoms with van der Waals surface area (Å²) in [5, 5.41) is 11.4. The van der Waals surface area contributed by atoms with Gasteiger partial charge in [0.05, 0.1) is 0 Å². The van der Waals surface area contributed by atoms with Crippen molar-refractivity contribution in [2.24, 2.45) is 13.0 Å². The van der Waals surface area contributed by atoms with E-state index in [1.165, 1.54) is 0 Å². The molecule has 0 saturated heterocycles. The Morgan fingerprint density at radius 1 is 1.35 bits per heavy atom. The molecular formula is C13H18N4. The van der Waals surface area contributed by atoms with Gasteiger partial charge < -0.3 is 9.88 Å². The molecule has 0 saturated carbocycles. The minimum absolute atomic E-state index is 0.633. The van der Waals surface area contributed by atoms with E-state index in [1.54, 1.807) is 6.33 Å². The lowest BCUT2D eigenvalue weighted by molar-refractivity contribution is 0.689. The Hall–Kier alpha value is -1.84. The minimum atomic E-state index is 0.633. The van der Waals surface area contributed by atoms with Crippen molar-refractivity contribution in [3.05, 3.63) is 30.6 Å². The number of hydrogen-bond acceptors (Lipinski definition) is 3. The zero-order chi connectivity index (χ0) is 12.3. The molecule has 0 aliphatic heterocycles. The molecule has 0 amide bonds. The molecule has 0 spiro atoms. The van der Waals surface area contributed by atoms with Gasteiger partial charge in [0.25, 0.3) is 0 Å². The summed E-state index contributed by atoms with van der Waals surface area (Å²) >= 11 is 0. The molecule has 0 aliphatic rings. The van der Waals surface area contributed by atoms with Gasteiger partial charge in [-0.25, -0.2) is 0 Å². The van der Waals surface area contributed by atoms with Crippen molar-refractivity contribution in [2.75, 3.05) is 11.9 Å². The second-order valence-corrected chi connectivity index (χ2v) is 4.62. The van der Waals surface area contributed by atoms with Crippen LogP contribution in [0.2, 0.25) is 0 Å². The largest absolute Gasteiger partial charge is 0.385 e. The van der Waals surface area contributed by atoms with Crippen LogP contribution in [0.1, 0.15) is 13.8 Å². The highest BCUT2D eigenvalue weighted by Crippen LogP contribution is 2.20. The maximum atomic E-state index is 4.11. The number of hydrogen-bond donors (Lipinski definition) is 1. The first-order chi connectivity index (χ1) is 8.16. The Kier molecular flexibility index (Phi) is 3.42. The van der Waals surface area contributed by atoms with Gasteiger partial charge in [0.2, 0.25) is 0 Å². The van der Waals surface area contributed by atoms with Gasteiger partial charge in [0.1, 0.15) is 6.33 Å². The summed E-state index contributed by atoms with van der Waals surface area (Å²) in [4.78, 5) is 0. The maximum Gasteiger partial charge on any atom is 0.163 e.